The van der Waals surface area contributed by atoms with E-state index in [0.29, 0.717) is 11.1 Å². The highest BCUT2D eigenvalue weighted by molar-refractivity contribution is 8.00. The number of nitrogens with two attached hydrogens (primary N) is 1. The van der Waals surface area contributed by atoms with Crippen molar-refractivity contribution in [1.82, 2.24) is 19.6 Å². The molecular weight excluding hydrogens is 533 g/mol. The zero-order valence-corrected chi connectivity index (χ0v) is 22.8. The van der Waals surface area contributed by atoms with Crippen LogP contribution < -0.4 is 21.0 Å². The van der Waals surface area contributed by atoms with E-state index in [1.807, 2.05) is 30.3 Å². The van der Waals surface area contributed by atoms with E-state index in [4.69, 9.17) is 19.5 Å². The van der Waals surface area contributed by atoms with Gasteiger partial charge >= 0.3 is 19.4 Å². The minimum absolute atomic E-state index is 0.141. The molecule has 0 saturated carbocycles. The molecule has 0 bridgehead atoms. The standard InChI is InChI=1S/C24H30N5O7PS/c1-14(2)35-22(31)15(3)28-37(33,36-19-10-6-8-16-7-4-5-9-17(16)19)34-12-20-18(30)11-21(38-20)29-13-26-23(25)27-24(29)32/h4-10,13-15,18,20-21,30H,11-12H2,1-3H3,(H,28,33)(H2,25,27,32)/t15-,18?,20+,21+,37?/m0/s1. The normalized spacial score (nSPS) is 21.8. The van der Waals surface area contributed by atoms with Gasteiger partial charge in [0, 0.05) is 11.8 Å². The van der Waals surface area contributed by atoms with Crippen LogP contribution in [0.25, 0.3) is 10.8 Å². The van der Waals surface area contributed by atoms with E-state index in [1.54, 1.807) is 26.0 Å². The van der Waals surface area contributed by atoms with Gasteiger partial charge in [-0.15, -0.1) is 11.8 Å². The number of carbonyl (C=O) groups excluding carboxylic acids is 1. The van der Waals surface area contributed by atoms with Crippen LogP contribution in [0.3, 0.4) is 0 Å². The number of benzene rings is 2. The topological polar surface area (TPSA) is 168 Å². The summed E-state index contributed by atoms with van der Waals surface area (Å²) in [6.45, 7) is 4.71. The Bertz CT molecular complexity index is 1400. The van der Waals surface area contributed by atoms with E-state index in [-0.39, 0.29) is 25.1 Å². The zero-order valence-electron chi connectivity index (χ0n) is 21.1. The number of nitrogens with one attached hydrogen (secondary N) is 1. The number of aromatic nitrogens is 3. The maximum Gasteiger partial charge on any atom is 0.459 e. The summed E-state index contributed by atoms with van der Waals surface area (Å²) in [4.78, 5) is 32.1. The van der Waals surface area contributed by atoms with Gasteiger partial charge in [0.1, 0.15) is 18.1 Å². The lowest BCUT2D eigenvalue weighted by Gasteiger charge is -2.25. The molecule has 0 amide bonds. The molecule has 1 aliphatic heterocycles. The molecule has 2 aromatic carbocycles. The van der Waals surface area contributed by atoms with Crippen LogP contribution in [-0.2, 0) is 18.6 Å². The van der Waals surface area contributed by atoms with Crippen LogP contribution >= 0.6 is 19.5 Å². The van der Waals surface area contributed by atoms with Crippen molar-refractivity contribution in [3.8, 4) is 5.75 Å². The van der Waals surface area contributed by atoms with Crippen LogP contribution in [-0.4, -0.2) is 55.7 Å². The number of fused-ring (bicyclic) bond motifs is 1. The molecule has 204 valence electrons. The van der Waals surface area contributed by atoms with Crippen LogP contribution in [0, 0.1) is 0 Å². The van der Waals surface area contributed by atoms with Gasteiger partial charge in [-0.1, -0.05) is 36.4 Å². The highest BCUT2D eigenvalue weighted by atomic mass is 32.2. The molecule has 2 unspecified atom stereocenters. The molecule has 38 heavy (non-hydrogen) atoms. The lowest BCUT2D eigenvalue weighted by Crippen LogP contribution is -2.37. The highest BCUT2D eigenvalue weighted by Gasteiger charge is 2.39. The largest absolute Gasteiger partial charge is 0.462 e. The monoisotopic (exact) mass is 563 g/mol. The van der Waals surface area contributed by atoms with Gasteiger partial charge in [-0.25, -0.2) is 14.3 Å². The molecular formula is C24H30N5O7PS. The first kappa shape index (κ1) is 28.1. The SMILES string of the molecule is CC(C)OC(=O)[C@H](C)NP(=O)(OC[C@H]1S[C@@H](n2cnc(N)nc2=O)CC1O)Oc1cccc2ccccc12. The van der Waals surface area contributed by atoms with Crippen LogP contribution in [0.2, 0.25) is 0 Å². The molecule has 0 aliphatic carbocycles. The Morgan fingerprint density at radius 3 is 2.74 bits per heavy atom. The lowest BCUT2D eigenvalue weighted by molar-refractivity contribution is -0.149. The summed E-state index contributed by atoms with van der Waals surface area (Å²) in [7, 11) is -4.17. The summed E-state index contributed by atoms with van der Waals surface area (Å²) < 4.78 is 32.2. The molecule has 3 aromatic rings. The van der Waals surface area contributed by atoms with Gasteiger partial charge in [-0.05, 0) is 32.2 Å². The molecule has 4 rings (SSSR count). The number of ether oxygens (including phenoxy) is 1. The van der Waals surface area contributed by atoms with E-state index in [9.17, 15) is 19.3 Å². The number of aliphatic hydroxyl groups is 1. The molecule has 5 atom stereocenters. The Balaban J connectivity index is 1.54. The molecule has 1 fully saturated rings. The fraction of sp³-hybridized carbons (Fsp3) is 0.417. The quantitative estimate of drug-likeness (QED) is 0.244. The van der Waals surface area contributed by atoms with Crippen LogP contribution in [0.15, 0.2) is 53.6 Å². The van der Waals surface area contributed by atoms with E-state index in [2.05, 4.69) is 15.1 Å². The zero-order chi connectivity index (χ0) is 27.4. The van der Waals surface area contributed by atoms with Crippen LogP contribution in [0.1, 0.15) is 32.6 Å². The van der Waals surface area contributed by atoms with Gasteiger partial charge in [0.15, 0.2) is 0 Å². The molecule has 1 aliphatic rings. The number of thioether (sulfide) groups is 1. The molecule has 1 saturated heterocycles. The Morgan fingerprint density at radius 1 is 1.26 bits per heavy atom. The molecule has 12 nitrogen and oxygen atoms in total. The predicted octanol–water partition coefficient (Wildman–Crippen LogP) is 2.87. The van der Waals surface area contributed by atoms with Gasteiger partial charge in [0.05, 0.1) is 29.4 Å². The summed E-state index contributed by atoms with van der Waals surface area (Å²) in [5, 5.41) is 13.9. The maximum atomic E-state index is 14.0. The second-order valence-corrected chi connectivity index (χ2v) is 12.2. The number of nitrogen functional groups attached to an aromatic ring is 1. The van der Waals surface area contributed by atoms with Gasteiger partial charge in [-0.3, -0.25) is 13.9 Å². The molecule has 14 heteroatoms. The average Bonchev–Trinajstić information content (AvgIpc) is 3.22. The first-order chi connectivity index (χ1) is 18.0. The molecule has 1 aromatic heterocycles. The van der Waals surface area contributed by atoms with Crippen molar-refractivity contribution in [3.63, 3.8) is 0 Å². The second-order valence-electron chi connectivity index (χ2n) is 9.03. The van der Waals surface area contributed by atoms with Crippen molar-refractivity contribution >= 4 is 42.2 Å². The first-order valence-electron chi connectivity index (χ1n) is 12.0. The summed E-state index contributed by atoms with van der Waals surface area (Å²) in [5.41, 5.74) is 4.88. The minimum Gasteiger partial charge on any atom is -0.462 e. The van der Waals surface area contributed by atoms with E-state index < -0.39 is 42.2 Å². The van der Waals surface area contributed by atoms with Gasteiger partial charge < -0.3 is 20.1 Å². The summed E-state index contributed by atoms with van der Waals surface area (Å²) in [5.74, 6) is -0.466. The highest BCUT2D eigenvalue weighted by Crippen LogP contribution is 2.49. The van der Waals surface area contributed by atoms with Crippen molar-refractivity contribution in [2.75, 3.05) is 12.3 Å². The van der Waals surface area contributed by atoms with Crippen molar-refractivity contribution < 1.29 is 28.3 Å². The maximum absolute atomic E-state index is 14.0. The minimum atomic E-state index is -4.17. The third kappa shape index (κ3) is 6.72. The number of aliphatic hydroxyl groups excluding tert-OH is 1. The number of anilines is 1. The first-order valence-corrected chi connectivity index (χ1v) is 14.5. The van der Waals surface area contributed by atoms with Gasteiger partial charge in [0.2, 0.25) is 5.95 Å². The van der Waals surface area contributed by atoms with Crippen molar-refractivity contribution in [2.24, 2.45) is 0 Å². The van der Waals surface area contributed by atoms with Crippen LogP contribution in [0.4, 0.5) is 5.95 Å². The fourth-order valence-corrected chi connectivity index (χ4v) is 6.94. The number of nitrogens with zero attached hydrogens (tertiary/aromatic N) is 3. The van der Waals surface area contributed by atoms with Crippen molar-refractivity contribution in [1.29, 1.82) is 0 Å². The van der Waals surface area contributed by atoms with Gasteiger partial charge in [0.25, 0.3) is 0 Å². The van der Waals surface area contributed by atoms with Crippen molar-refractivity contribution in [3.05, 3.63) is 59.3 Å². The number of carbonyl (C=O) groups is 1. The Hall–Kier alpha value is -2.96. The van der Waals surface area contributed by atoms with Crippen LogP contribution in [0.5, 0.6) is 5.75 Å². The molecule has 2 heterocycles. The number of hydrogen-bond donors (Lipinski definition) is 3. The lowest BCUT2D eigenvalue weighted by atomic mass is 10.1. The number of hydrogen-bond acceptors (Lipinski definition) is 11. The third-order valence-corrected chi connectivity index (χ3v) is 8.86. The third-order valence-electron chi connectivity index (χ3n) is 5.69. The predicted molar refractivity (Wildman–Crippen MR) is 144 cm³/mol. The Kier molecular flexibility index (Phi) is 8.74. The average molecular weight is 564 g/mol. The summed E-state index contributed by atoms with van der Waals surface area (Å²) in [6.07, 6.45) is 0.235. The fourth-order valence-electron chi connectivity index (χ4n) is 3.88. The van der Waals surface area contributed by atoms with Gasteiger partial charge in [-0.2, -0.15) is 10.1 Å². The Morgan fingerprint density at radius 2 is 2.00 bits per heavy atom. The van der Waals surface area contributed by atoms with E-state index in [1.165, 1.54) is 29.6 Å². The van der Waals surface area contributed by atoms with Crippen molar-refractivity contribution in [2.45, 2.75) is 56.1 Å². The molecule has 0 spiro atoms. The Labute approximate surface area is 223 Å². The summed E-state index contributed by atoms with van der Waals surface area (Å²) >= 11 is 1.25. The summed E-state index contributed by atoms with van der Waals surface area (Å²) in [6, 6.07) is 11.7. The smallest absolute Gasteiger partial charge is 0.459 e. The van der Waals surface area contributed by atoms with E-state index in [0.717, 1.165) is 5.39 Å². The van der Waals surface area contributed by atoms with E-state index >= 15 is 0 Å². The number of rotatable bonds is 10. The molecule has 0 radical (unpaired) electrons. The number of esters is 1. The molecule has 4 N–H and O–H groups in total. The second kappa shape index (κ2) is 11.8.